The highest BCUT2D eigenvalue weighted by atomic mass is 32.1. The molecular weight excluding hydrogens is 320 g/mol. The zero-order valence-corrected chi connectivity index (χ0v) is 15.2. The fourth-order valence-corrected chi connectivity index (χ4v) is 4.81. The number of aryl methyl sites for hydroxylation is 1. The van der Waals surface area contributed by atoms with E-state index in [4.69, 9.17) is 4.74 Å². The minimum absolute atomic E-state index is 0.288. The van der Waals surface area contributed by atoms with Crippen LogP contribution in [0.2, 0.25) is 0 Å². The third-order valence-electron chi connectivity index (χ3n) is 5.16. The van der Waals surface area contributed by atoms with Crippen molar-refractivity contribution in [1.82, 2.24) is 19.6 Å². The van der Waals surface area contributed by atoms with Gasteiger partial charge in [0, 0.05) is 61.8 Å². The Bertz CT molecular complexity index is 656. The van der Waals surface area contributed by atoms with Crippen LogP contribution in [-0.4, -0.2) is 59.0 Å². The van der Waals surface area contributed by atoms with Gasteiger partial charge in [0.1, 0.15) is 0 Å². The number of aromatic nitrogens is 2. The van der Waals surface area contributed by atoms with Crippen molar-refractivity contribution < 1.29 is 4.74 Å². The zero-order valence-electron chi connectivity index (χ0n) is 14.4. The molecule has 0 aliphatic carbocycles. The van der Waals surface area contributed by atoms with Crippen molar-refractivity contribution in [2.75, 3.05) is 39.4 Å². The van der Waals surface area contributed by atoms with Gasteiger partial charge in [0.2, 0.25) is 0 Å². The average Bonchev–Trinajstić information content (AvgIpc) is 3.25. The lowest BCUT2D eigenvalue weighted by atomic mass is 9.87. The molecule has 1 atom stereocenters. The lowest BCUT2D eigenvalue weighted by Crippen LogP contribution is -2.40. The van der Waals surface area contributed by atoms with E-state index in [-0.39, 0.29) is 5.41 Å². The number of likely N-dealkylation sites (tertiary alicyclic amines) is 1. The summed E-state index contributed by atoms with van der Waals surface area (Å²) >= 11 is 1.86. The van der Waals surface area contributed by atoms with E-state index in [0.29, 0.717) is 0 Å². The molecular formula is C18H26N4OS. The van der Waals surface area contributed by atoms with Crippen LogP contribution in [-0.2, 0) is 24.9 Å². The zero-order chi connectivity index (χ0) is 16.4. The van der Waals surface area contributed by atoms with E-state index >= 15 is 0 Å². The van der Waals surface area contributed by atoms with Crippen LogP contribution in [0.4, 0.5) is 0 Å². The van der Waals surface area contributed by atoms with Crippen LogP contribution in [0.15, 0.2) is 29.9 Å². The SMILES string of the molecule is Cn1cc(CN2CCOCC3(CCN(Cc4cccs4)C3)C2)cn1. The molecule has 2 fully saturated rings. The summed E-state index contributed by atoms with van der Waals surface area (Å²) in [7, 11) is 1.98. The molecule has 130 valence electrons. The van der Waals surface area contributed by atoms with Crippen LogP contribution in [0, 0.1) is 5.41 Å². The van der Waals surface area contributed by atoms with Crippen molar-refractivity contribution in [3.8, 4) is 0 Å². The molecule has 2 aromatic rings. The van der Waals surface area contributed by atoms with Crippen LogP contribution in [0.25, 0.3) is 0 Å². The van der Waals surface area contributed by atoms with Crippen molar-refractivity contribution in [1.29, 1.82) is 0 Å². The van der Waals surface area contributed by atoms with Gasteiger partial charge in [-0.25, -0.2) is 0 Å². The van der Waals surface area contributed by atoms with E-state index in [1.54, 1.807) is 0 Å². The maximum Gasteiger partial charge on any atom is 0.0593 e. The number of thiophene rings is 1. The highest BCUT2D eigenvalue weighted by Crippen LogP contribution is 2.34. The maximum absolute atomic E-state index is 6.00. The van der Waals surface area contributed by atoms with Gasteiger partial charge < -0.3 is 4.74 Å². The molecule has 1 spiro atoms. The quantitative estimate of drug-likeness (QED) is 0.850. The van der Waals surface area contributed by atoms with Crippen LogP contribution in [0.5, 0.6) is 0 Å². The van der Waals surface area contributed by atoms with Crippen LogP contribution < -0.4 is 0 Å². The summed E-state index contributed by atoms with van der Waals surface area (Å²) in [6.45, 7) is 8.27. The fourth-order valence-electron chi connectivity index (χ4n) is 4.06. The number of ether oxygens (including phenoxy) is 1. The minimum Gasteiger partial charge on any atom is -0.379 e. The molecule has 0 radical (unpaired) electrons. The third-order valence-corrected chi connectivity index (χ3v) is 6.02. The highest BCUT2D eigenvalue weighted by molar-refractivity contribution is 7.09. The Morgan fingerprint density at radius 1 is 1.25 bits per heavy atom. The molecule has 5 nitrogen and oxygen atoms in total. The van der Waals surface area contributed by atoms with Gasteiger partial charge >= 0.3 is 0 Å². The minimum atomic E-state index is 0.288. The van der Waals surface area contributed by atoms with Gasteiger partial charge in [0.15, 0.2) is 0 Å². The van der Waals surface area contributed by atoms with Crippen molar-refractivity contribution in [3.05, 3.63) is 40.3 Å². The van der Waals surface area contributed by atoms with Crippen molar-refractivity contribution >= 4 is 11.3 Å². The van der Waals surface area contributed by atoms with E-state index < -0.39 is 0 Å². The lowest BCUT2D eigenvalue weighted by molar-refractivity contribution is 0.0707. The van der Waals surface area contributed by atoms with Gasteiger partial charge in [0.05, 0.1) is 19.4 Å². The molecule has 4 heterocycles. The number of hydrogen-bond acceptors (Lipinski definition) is 5. The molecule has 2 aromatic heterocycles. The third kappa shape index (κ3) is 3.72. The number of rotatable bonds is 4. The summed E-state index contributed by atoms with van der Waals surface area (Å²) in [5.74, 6) is 0. The van der Waals surface area contributed by atoms with Crippen LogP contribution in [0.3, 0.4) is 0 Å². The average molecular weight is 347 g/mol. The predicted molar refractivity (Wildman–Crippen MR) is 96.0 cm³/mol. The molecule has 1 unspecified atom stereocenters. The van der Waals surface area contributed by atoms with Crippen molar-refractivity contribution in [2.45, 2.75) is 19.5 Å². The van der Waals surface area contributed by atoms with E-state index in [0.717, 1.165) is 45.9 Å². The summed E-state index contributed by atoms with van der Waals surface area (Å²) in [5, 5.41) is 6.47. The molecule has 2 aliphatic rings. The summed E-state index contributed by atoms with van der Waals surface area (Å²) in [5.41, 5.74) is 1.58. The molecule has 6 heteroatoms. The molecule has 0 N–H and O–H groups in total. The highest BCUT2D eigenvalue weighted by Gasteiger charge is 2.41. The Morgan fingerprint density at radius 3 is 2.88 bits per heavy atom. The van der Waals surface area contributed by atoms with Gasteiger partial charge in [-0.05, 0) is 24.4 Å². The van der Waals surface area contributed by atoms with Crippen molar-refractivity contribution in [3.63, 3.8) is 0 Å². The predicted octanol–water partition coefficient (Wildman–Crippen LogP) is 2.21. The number of hydrogen-bond donors (Lipinski definition) is 0. The first-order chi connectivity index (χ1) is 11.7. The molecule has 2 saturated heterocycles. The fraction of sp³-hybridized carbons (Fsp3) is 0.611. The van der Waals surface area contributed by atoms with Crippen LogP contribution in [0.1, 0.15) is 16.9 Å². The van der Waals surface area contributed by atoms with Gasteiger partial charge in [-0.15, -0.1) is 11.3 Å². The smallest absolute Gasteiger partial charge is 0.0593 e. The molecule has 0 amide bonds. The molecule has 24 heavy (non-hydrogen) atoms. The van der Waals surface area contributed by atoms with Gasteiger partial charge in [-0.1, -0.05) is 6.07 Å². The standard InChI is InChI=1S/C18H26N4OS/c1-20-10-16(9-19-20)11-22-6-7-23-15-18(14-22)4-5-21(13-18)12-17-3-2-8-24-17/h2-3,8-10H,4-7,11-15H2,1H3. The Balaban J connectivity index is 1.40. The molecule has 2 aliphatic heterocycles. The monoisotopic (exact) mass is 346 g/mol. The second-order valence-electron chi connectivity index (χ2n) is 7.33. The van der Waals surface area contributed by atoms with E-state index in [1.807, 2.05) is 29.3 Å². The lowest BCUT2D eigenvalue weighted by Gasteiger charge is -2.31. The van der Waals surface area contributed by atoms with E-state index in [2.05, 4.69) is 38.6 Å². The second kappa shape index (κ2) is 6.96. The van der Waals surface area contributed by atoms with E-state index in [9.17, 15) is 0 Å². The Kier molecular flexibility index (Phi) is 4.72. The summed E-state index contributed by atoms with van der Waals surface area (Å²) < 4.78 is 7.89. The summed E-state index contributed by atoms with van der Waals surface area (Å²) in [6, 6.07) is 4.39. The molecule has 0 aromatic carbocycles. The summed E-state index contributed by atoms with van der Waals surface area (Å²) in [6.07, 6.45) is 5.34. The van der Waals surface area contributed by atoms with Gasteiger partial charge in [0.25, 0.3) is 0 Å². The topological polar surface area (TPSA) is 33.5 Å². The first-order valence-corrected chi connectivity index (χ1v) is 9.61. The second-order valence-corrected chi connectivity index (χ2v) is 8.36. The summed E-state index contributed by atoms with van der Waals surface area (Å²) in [4.78, 5) is 6.62. The molecule has 4 rings (SSSR count). The van der Waals surface area contributed by atoms with E-state index in [1.165, 1.54) is 23.4 Å². The molecule has 0 saturated carbocycles. The Labute approximate surface area is 147 Å². The first kappa shape index (κ1) is 16.3. The molecule has 0 bridgehead atoms. The first-order valence-electron chi connectivity index (χ1n) is 8.73. The Morgan fingerprint density at radius 2 is 2.12 bits per heavy atom. The van der Waals surface area contributed by atoms with Crippen LogP contribution >= 0.6 is 11.3 Å². The maximum atomic E-state index is 6.00. The number of nitrogens with zero attached hydrogens (tertiary/aromatic N) is 4. The van der Waals surface area contributed by atoms with Gasteiger partial charge in [-0.2, -0.15) is 5.10 Å². The Hall–Kier alpha value is -1.21. The largest absolute Gasteiger partial charge is 0.379 e. The van der Waals surface area contributed by atoms with Crippen molar-refractivity contribution in [2.24, 2.45) is 12.5 Å². The van der Waals surface area contributed by atoms with Gasteiger partial charge in [-0.3, -0.25) is 14.5 Å². The normalized spacial score (nSPS) is 26.2.